The predicted octanol–water partition coefficient (Wildman–Crippen LogP) is 2.75. The number of nitrogens with one attached hydrogen (secondary N) is 1. The molecule has 1 N–H and O–H groups in total. The van der Waals surface area contributed by atoms with Gasteiger partial charge in [0.1, 0.15) is 10.6 Å². The molecule has 1 fully saturated rings. The Labute approximate surface area is 165 Å². The highest BCUT2D eigenvalue weighted by Crippen LogP contribution is 2.31. The number of pyridine rings is 1. The van der Waals surface area contributed by atoms with E-state index in [0.717, 1.165) is 30.5 Å². The third kappa shape index (κ3) is 4.69. The molecule has 1 amide bonds. The summed E-state index contributed by atoms with van der Waals surface area (Å²) in [6.07, 6.45) is 4.56. The highest BCUT2D eigenvalue weighted by Gasteiger charge is 2.29. The zero-order chi connectivity index (χ0) is 20.1. The first-order valence-electron chi connectivity index (χ1n) is 9.30. The maximum atomic E-state index is 13.1. The Morgan fingerprint density at radius 2 is 1.93 bits per heavy atom. The Balaban J connectivity index is 1.80. The van der Waals surface area contributed by atoms with Gasteiger partial charge in [-0.25, -0.2) is 8.42 Å². The van der Waals surface area contributed by atoms with E-state index >= 15 is 0 Å². The number of piperidine rings is 1. The molecule has 3 rings (SSSR count). The highest BCUT2D eigenvalue weighted by molar-refractivity contribution is 7.89. The number of ether oxygens (including phenoxy) is 1. The molecule has 150 valence electrons. The standard InChI is InChI=1S/C20H25N3O4S/c1-15-6-7-16(14-21-15)12-20(24)22-17-8-9-18(27-2)19(13-17)28(25,26)23-10-4-3-5-11-23/h6-9,13-14H,3-5,10-12H2,1-2H3,(H,22,24). The van der Waals surface area contributed by atoms with Gasteiger partial charge in [-0.1, -0.05) is 12.5 Å². The smallest absolute Gasteiger partial charge is 0.246 e. The van der Waals surface area contributed by atoms with Crippen molar-refractivity contribution < 1.29 is 17.9 Å². The van der Waals surface area contributed by atoms with Gasteiger partial charge in [-0.15, -0.1) is 0 Å². The minimum absolute atomic E-state index is 0.0757. The van der Waals surface area contributed by atoms with Crippen LogP contribution < -0.4 is 10.1 Å². The van der Waals surface area contributed by atoms with E-state index in [1.54, 1.807) is 18.3 Å². The van der Waals surface area contributed by atoms with Gasteiger partial charge in [0.25, 0.3) is 0 Å². The molecule has 0 bridgehead atoms. The number of aryl methyl sites for hydroxylation is 1. The molecule has 0 saturated carbocycles. The van der Waals surface area contributed by atoms with Crippen molar-refractivity contribution in [2.75, 3.05) is 25.5 Å². The number of hydrogen-bond donors (Lipinski definition) is 1. The first kappa shape index (κ1) is 20.3. The van der Waals surface area contributed by atoms with E-state index in [1.165, 1.54) is 17.5 Å². The molecule has 1 aromatic carbocycles. The zero-order valence-electron chi connectivity index (χ0n) is 16.1. The van der Waals surface area contributed by atoms with Crippen molar-refractivity contribution in [3.63, 3.8) is 0 Å². The number of sulfonamides is 1. The number of carbonyl (C=O) groups excluding carboxylic acids is 1. The Kier molecular flexibility index (Phi) is 6.31. The third-order valence-electron chi connectivity index (χ3n) is 4.72. The molecule has 2 heterocycles. The summed E-state index contributed by atoms with van der Waals surface area (Å²) in [6.45, 7) is 2.89. The van der Waals surface area contributed by atoms with Crippen LogP contribution in [0.3, 0.4) is 0 Å². The maximum absolute atomic E-state index is 13.1. The van der Waals surface area contributed by atoms with Crippen molar-refractivity contribution in [2.24, 2.45) is 0 Å². The van der Waals surface area contributed by atoms with Crippen molar-refractivity contribution in [3.05, 3.63) is 47.8 Å². The molecule has 2 aromatic rings. The third-order valence-corrected chi connectivity index (χ3v) is 6.64. The maximum Gasteiger partial charge on any atom is 0.246 e. The van der Waals surface area contributed by atoms with E-state index in [1.807, 2.05) is 19.1 Å². The number of benzene rings is 1. The Bertz CT molecular complexity index is 936. The van der Waals surface area contributed by atoms with Gasteiger partial charge in [0, 0.05) is 30.7 Å². The van der Waals surface area contributed by atoms with Crippen LogP contribution in [0.2, 0.25) is 0 Å². The second kappa shape index (κ2) is 8.70. The summed E-state index contributed by atoms with van der Waals surface area (Å²) in [4.78, 5) is 16.6. The minimum Gasteiger partial charge on any atom is -0.495 e. The SMILES string of the molecule is COc1ccc(NC(=O)Cc2ccc(C)nc2)cc1S(=O)(=O)N1CCCCC1. The lowest BCUT2D eigenvalue weighted by Crippen LogP contribution is -2.35. The van der Waals surface area contributed by atoms with Crippen LogP contribution in [-0.4, -0.2) is 43.8 Å². The summed E-state index contributed by atoms with van der Waals surface area (Å²) in [7, 11) is -2.24. The number of amides is 1. The summed E-state index contributed by atoms with van der Waals surface area (Å²) in [5.74, 6) is 0.0310. The number of rotatable bonds is 6. The van der Waals surface area contributed by atoms with Crippen molar-refractivity contribution in [1.82, 2.24) is 9.29 Å². The molecule has 0 aliphatic carbocycles. The minimum atomic E-state index is -3.68. The van der Waals surface area contributed by atoms with Crippen molar-refractivity contribution in [1.29, 1.82) is 0 Å². The number of hydrogen-bond acceptors (Lipinski definition) is 5. The number of methoxy groups -OCH3 is 1. The molecule has 1 saturated heterocycles. The Hall–Kier alpha value is -2.45. The Morgan fingerprint density at radius 1 is 1.18 bits per heavy atom. The zero-order valence-corrected chi connectivity index (χ0v) is 17.0. The van der Waals surface area contributed by atoms with Crippen LogP contribution in [0.5, 0.6) is 5.75 Å². The number of anilines is 1. The summed E-state index contributed by atoms with van der Waals surface area (Å²) >= 11 is 0. The molecule has 1 aliphatic heterocycles. The lowest BCUT2D eigenvalue weighted by molar-refractivity contribution is -0.115. The topological polar surface area (TPSA) is 88.6 Å². The van der Waals surface area contributed by atoms with Crippen molar-refractivity contribution in [2.45, 2.75) is 37.5 Å². The molecule has 7 nitrogen and oxygen atoms in total. The Morgan fingerprint density at radius 3 is 2.57 bits per heavy atom. The number of nitrogens with zero attached hydrogens (tertiary/aromatic N) is 2. The molecule has 0 atom stereocenters. The monoisotopic (exact) mass is 403 g/mol. The van der Waals surface area contributed by atoms with Crippen molar-refractivity contribution in [3.8, 4) is 5.75 Å². The van der Waals surface area contributed by atoms with E-state index in [-0.39, 0.29) is 23.0 Å². The lowest BCUT2D eigenvalue weighted by atomic mass is 10.2. The summed E-state index contributed by atoms with van der Waals surface area (Å²) in [6, 6.07) is 8.37. The largest absolute Gasteiger partial charge is 0.495 e. The van der Waals surface area contributed by atoms with Gasteiger partial charge in [-0.3, -0.25) is 9.78 Å². The highest BCUT2D eigenvalue weighted by atomic mass is 32.2. The second-order valence-electron chi connectivity index (χ2n) is 6.86. The van der Waals surface area contributed by atoms with Crippen LogP contribution in [0, 0.1) is 6.92 Å². The first-order valence-corrected chi connectivity index (χ1v) is 10.7. The van der Waals surface area contributed by atoms with Crippen LogP contribution in [0.1, 0.15) is 30.5 Å². The van der Waals surface area contributed by atoms with Crippen LogP contribution in [0.4, 0.5) is 5.69 Å². The van der Waals surface area contributed by atoms with E-state index < -0.39 is 10.0 Å². The molecule has 0 radical (unpaired) electrons. The fourth-order valence-corrected chi connectivity index (χ4v) is 4.89. The number of carbonyl (C=O) groups is 1. The van der Waals surface area contributed by atoms with E-state index in [0.29, 0.717) is 18.8 Å². The van der Waals surface area contributed by atoms with Crippen LogP contribution in [0.15, 0.2) is 41.4 Å². The molecule has 28 heavy (non-hydrogen) atoms. The van der Waals surface area contributed by atoms with Gasteiger partial charge >= 0.3 is 0 Å². The van der Waals surface area contributed by atoms with Gasteiger partial charge in [0.2, 0.25) is 15.9 Å². The van der Waals surface area contributed by atoms with Crippen molar-refractivity contribution >= 4 is 21.6 Å². The van der Waals surface area contributed by atoms with Gasteiger partial charge < -0.3 is 10.1 Å². The van der Waals surface area contributed by atoms with Gasteiger partial charge in [-0.2, -0.15) is 4.31 Å². The molecule has 1 aliphatic rings. The van der Waals surface area contributed by atoms with Gasteiger partial charge in [0.15, 0.2) is 0 Å². The van der Waals surface area contributed by atoms with Crippen LogP contribution in [-0.2, 0) is 21.2 Å². The molecular formula is C20H25N3O4S. The van der Waals surface area contributed by atoms with E-state index in [2.05, 4.69) is 10.3 Å². The fourth-order valence-electron chi connectivity index (χ4n) is 3.19. The average Bonchev–Trinajstić information content (AvgIpc) is 2.70. The van der Waals surface area contributed by atoms with Gasteiger partial charge in [-0.05, 0) is 49.6 Å². The number of aromatic nitrogens is 1. The molecule has 1 aromatic heterocycles. The molecule has 8 heteroatoms. The van der Waals surface area contributed by atoms with E-state index in [4.69, 9.17) is 4.74 Å². The summed E-state index contributed by atoms with van der Waals surface area (Å²) < 4.78 is 32.9. The van der Waals surface area contributed by atoms with Gasteiger partial charge in [0.05, 0.1) is 13.5 Å². The molecule has 0 unspecified atom stereocenters. The fraction of sp³-hybridized carbons (Fsp3) is 0.400. The molecule has 0 spiro atoms. The van der Waals surface area contributed by atoms with Crippen LogP contribution >= 0.6 is 0 Å². The molecular weight excluding hydrogens is 378 g/mol. The summed E-state index contributed by atoms with van der Waals surface area (Å²) in [5, 5.41) is 2.77. The van der Waals surface area contributed by atoms with E-state index in [9.17, 15) is 13.2 Å². The predicted molar refractivity (Wildman–Crippen MR) is 107 cm³/mol. The normalized spacial score (nSPS) is 15.2. The second-order valence-corrected chi connectivity index (χ2v) is 8.77. The average molecular weight is 404 g/mol. The van der Waals surface area contributed by atoms with Crippen LogP contribution in [0.25, 0.3) is 0 Å². The quantitative estimate of drug-likeness (QED) is 0.801. The summed E-state index contributed by atoms with van der Waals surface area (Å²) in [5.41, 5.74) is 2.09. The lowest BCUT2D eigenvalue weighted by Gasteiger charge is -2.26. The first-order chi connectivity index (χ1) is 13.4.